The normalized spacial score (nSPS) is 12.5. The van der Waals surface area contributed by atoms with Gasteiger partial charge in [0, 0.05) is 12.3 Å². The van der Waals surface area contributed by atoms with Crippen LogP contribution < -0.4 is 16.4 Å². The molecule has 0 heterocycles. The second kappa shape index (κ2) is 7.56. The van der Waals surface area contributed by atoms with Gasteiger partial charge in [0.25, 0.3) is 0 Å². The van der Waals surface area contributed by atoms with Crippen molar-refractivity contribution >= 4 is 27.7 Å². The minimum atomic E-state index is -3.21. The first-order chi connectivity index (χ1) is 8.68. The SMILES string of the molecule is CCS(=O)(=O)CCNC(=O)N[C@H](CC(N)=O)C(=O)O. The highest BCUT2D eigenvalue weighted by Crippen LogP contribution is 1.92. The Morgan fingerprint density at radius 1 is 1.32 bits per heavy atom. The fourth-order valence-electron chi connectivity index (χ4n) is 1.07. The summed E-state index contributed by atoms with van der Waals surface area (Å²) < 4.78 is 22.3. The van der Waals surface area contributed by atoms with E-state index >= 15 is 0 Å². The Morgan fingerprint density at radius 2 is 1.89 bits per heavy atom. The maximum Gasteiger partial charge on any atom is 0.326 e. The molecule has 0 aromatic heterocycles. The zero-order valence-corrected chi connectivity index (χ0v) is 11.2. The minimum Gasteiger partial charge on any atom is -0.480 e. The van der Waals surface area contributed by atoms with Gasteiger partial charge in [-0.15, -0.1) is 0 Å². The van der Waals surface area contributed by atoms with E-state index in [9.17, 15) is 22.8 Å². The molecule has 0 saturated carbocycles. The molecular weight excluding hydrogens is 278 g/mol. The summed E-state index contributed by atoms with van der Waals surface area (Å²) in [6, 6.07) is -2.32. The van der Waals surface area contributed by atoms with Crippen molar-refractivity contribution in [1.82, 2.24) is 10.6 Å². The van der Waals surface area contributed by atoms with Crippen LogP contribution in [0.25, 0.3) is 0 Å². The van der Waals surface area contributed by atoms with Crippen LogP contribution in [0, 0.1) is 0 Å². The van der Waals surface area contributed by atoms with Crippen molar-refractivity contribution in [3.8, 4) is 0 Å². The average molecular weight is 295 g/mol. The molecule has 9 nitrogen and oxygen atoms in total. The molecule has 5 N–H and O–H groups in total. The van der Waals surface area contributed by atoms with Crippen molar-refractivity contribution in [3.05, 3.63) is 0 Å². The lowest BCUT2D eigenvalue weighted by molar-refractivity contribution is -0.140. The van der Waals surface area contributed by atoms with E-state index in [1.165, 1.54) is 6.92 Å². The predicted octanol–water partition coefficient (Wildman–Crippen LogP) is -1.95. The second-order valence-electron chi connectivity index (χ2n) is 3.70. The van der Waals surface area contributed by atoms with Gasteiger partial charge >= 0.3 is 12.0 Å². The standard InChI is InChI=1S/C9H17N3O6S/c1-2-19(17,18)4-3-11-9(16)12-6(8(14)15)5-7(10)13/h6H,2-5H2,1H3,(H2,10,13)(H,14,15)(H2,11,12,16)/t6-/m1/s1. The molecule has 0 bridgehead atoms. The highest BCUT2D eigenvalue weighted by atomic mass is 32.2. The number of nitrogens with two attached hydrogens (primary N) is 1. The van der Waals surface area contributed by atoms with Crippen LogP contribution in [0.5, 0.6) is 0 Å². The van der Waals surface area contributed by atoms with Gasteiger partial charge < -0.3 is 21.5 Å². The van der Waals surface area contributed by atoms with Crippen molar-refractivity contribution in [1.29, 1.82) is 0 Å². The molecule has 19 heavy (non-hydrogen) atoms. The Balaban J connectivity index is 4.21. The molecule has 0 unspecified atom stereocenters. The predicted molar refractivity (Wildman–Crippen MR) is 66.1 cm³/mol. The van der Waals surface area contributed by atoms with Gasteiger partial charge in [-0.3, -0.25) is 4.79 Å². The van der Waals surface area contributed by atoms with Crippen molar-refractivity contribution < 1.29 is 27.9 Å². The Labute approximate surface area is 110 Å². The topological polar surface area (TPSA) is 156 Å². The van der Waals surface area contributed by atoms with Crippen molar-refractivity contribution in [2.45, 2.75) is 19.4 Å². The van der Waals surface area contributed by atoms with Gasteiger partial charge in [0.05, 0.1) is 12.2 Å². The van der Waals surface area contributed by atoms with Crippen LogP contribution in [0.15, 0.2) is 0 Å². The molecule has 0 saturated heterocycles. The second-order valence-corrected chi connectivity index (χ2v) is 6.17. The summed E-state index contributed by atoms with van der Waals surface area (Å²) in [5, 5.41) is 12.9. The minimum absolute atomic E-state index is 0.0459. The maximum absolute atomic E-state index is 11.3. The van der Waals surface area contributed by atoms with Crippen LogP contribution in [-0.2, 0) is 19.4 Å². The van der Waals surface area contributed by atoms with E-state index in [1.54, 1.807) is 0 Å². The molecule has 0 spiro atoms. The molecule has 3 amide bonds. The third-order valence-electron chi connectivity index (χ3n) is 2.15. The number of primary amides is 1. The molecule has 0 aromatic carbocycles. The number of aliphatic carboxylic acids is 1. The highest BCUT2D eigenvalue weighted by Gasteiger charge is 2.22. The van der Waals surface area contributed by atoms with Gasteiger partial charge in [-0.1, -0.05) is 6.92 Å². The summed E-state index contributed by atoms with van der Waals surface area (Å²) in [6.45, 7) is 1.33. The van der Waals surface area contributed by atoms with Crippen LogP contribution in [-0.4, -0.2) is 55.5 Å². The number of sulfone groups is 1. The number of carboxylic acid groups (broad SMARTS) is 1. The lowest BCUT2D eigenvalue weighted by Crippen LogP contribution is -2.48. The van der Waals surface area contributed by atoms with Crippen molar-refractivity contribution in [3.63, 3.8) is 0 Å². The molecule has 110 valence electrons. The summed E-state index contributed by atoms with van der Waals surface area (Å²) in [5.41, 5.74) is 4.83. The van der Waals surface area contributed by atoms with Gasteiger partial charge in [-0.05, 0) is 0 Å². The van der Waals surface area contributed by atoms with E-state index in [0.717, 1.165) is 0 Å². The van der Waals surface area contributed by atoms with Gasteiger partial charge in [-0.25, -0.2) is 18.0 Å². The molecule has 0 aliphatic heterocycles. The molecule has 10 heteroatoms. The molecule has 0 aliphatic rings. The summed E-state index contributed by atoms with van der Waals surface area (Å²) in [7, 11) is -3.21. The molecule has 0 rings (SSSR count). The van der Waals surface area contributed by atoms with Gasteiger partial charge in [-0.2, -0.15) is 0 Å². The van der Waals surface area contributed by atoms with Gasteiger partial charge in [0.2, 0.25) is 5.91 Å². The summed E-state index contributed by atoms with van der Waals surface area (Å²) in [5.74, 6) is -2.57. The zero-order valence-electron chi connectivity index (χ0n) is 10.4. The fraction of sp³-hybridized carbons (Fsp3) is 0.667. The molecule has 0 aliphatic carbocycles. The first-order valence-electron chi connectivity index (χ1n) is 5.44. The molecular formula is C9H17N3O6S. The summed E-state index contributed by atoms with van der Waals surface area (Å²) in [6.07, 6.45) is -0.546. The first kappa shape index (κ1) is 17.2. The van der Waals surface area contributed by atoms with Gasteiger partial charge in [0.1, 0.15) is 6.04 Å². The smallest absolute Gasteiger partial charge is 0.326 e. The largest absolute Gasteiger partial charge is 0.480 e. The Hall–Kier alpha value is -1.84. The van der Waals surface area contributed by atoms with Crippen LogP contribution in [0.1, 0.15) is 13.3 Å². The summed E-state index contributed by atoms with van der Waals surface area (Å²) in [4.78, 5) is 32.6. The quantitative estimate of drug-likeness (QED) is 0.407. The molecule has 0 radical (unpaired) electrons. The van der Waals surface area contributed by atoms with E-state index < -0.39 is 40.2 Å². The van der Waals surface area contributed by atoms with E-state index in [-0.39, 0.29) is 18.1 Å². The molecule has 1 atom stereocenters. The number of rotatable bonds is 8. The fourth-order valence-corrected chi connectivity index (χ4v) is 1.78. The van der Waals surface area contributed by atoms with E-state index in [1.807, 2.05) is 5.32 Å². The third kappa shape index (κ3) is 7.97. The average Bonchev–Trinajstić information content (AvgIpc) is 2.27. The van der Waals surface area contributed by atoms with Crippen LogP contribution in [0.3, 0.4) is 0 Å². The molecule has 0 aromatic rings. The van der Waals surface area contributed by atoms with Crippen molar-refractivity contribution in [2.75, 3.05) is 18.1 Å². The zero-order chi connectivity index (χ0) is 15.1. The lowest BCUT2D eigenvalue weighted by Gasteiger charge is -2.13. The van der Waals surface area contributed by atoms with Crippen LogP contribution in [0.4, 0.5) is 4.79 Å². The van der Waals surface area contributed by atoms with Gasteiger partial charge in [0.15, 0.2) is 9.84 Å². The lowest BCUT2D eigenvalue weighted by atomic mass is 10.2. The van der Waals surface area contributed by atoms with E-state index in [2.05, 4.69) is 5.32 Å². The first-order valence-corrected chi connectivity index (χ1v) is 7.26. The van der Waals surface area contributed by atoms with Crippen molar-refractivity contribution in [2.24, 2.45) is 5.73 Å². The monoisotopic (exact) mass is 295 g/mol. The Morgan fingerprint density at radius 3 is 2.32 bits per heavy atom. The Kier molecular flexibility index (Phi) is 6.83. The number of amides is 3. The highest BCUT2D eigenvalue weighted by molar-refractivity contribution is 7.91. The molecule has 0 fully saturated rings. The number of carbonyl (C=O) groups is 3. The number of hydrogen-bond donors (Lipinski definition) is 4. The number of urea groups is 1. The number of hydrogen-bond acceptors (Lipinski definition) is 5. The van der Waals surface area contributed by atoms with Crippen LogP contribution in [0.2, 0.25) is 0 Å². The van der Waals surface area contributed by atoms with E-state index in [0.29, 0.717) is 0 Å². The van der Waals surface area contributed by atoms with E-state index in [4.69, 9.17) is 10.8 Å². The number of carbonyl (C=O) groups excluding carboxylic acids is 2. The summed E-state index contributed by atoms with van der Waals surface area (Å²) >= 11 is 0. The van der Waals surface area contributed by atoms with Crippen LogP contribution >= 0.6 is 0 Å². The number of nitrogens with one attached hydrogen (secondary N) is 2. The third-order valence-corrected chi connectivity index (χ3v) is 3.85. The maximum atomic E-state index is 11.3. The Bertz CT molecular complexity index is 447. The number of carboxylic acids is 1.